The zero-order valence-corrected chi connectivity index (χ0v) is 9.18. The van der Waals surface area contributed by atoms with E-state index in [0.717, 1.165) is 6.07 Å². The lowest BCUT2D eigenvalue weighted by Gasteiger charge is -2.12. The fourth-order valence-electron chi connectivity index (χ4n) is 1.03. The van der Waals surface area contributed by atoms with Crippen LogP contribution in [-0.4, -0.2) is 17.6 Å². The smallest absolute Gasteiger partial charge is 0.389 e. The zero-order valence-electron chi connectivity index (χ0n) is 7.60. The third kappa shape index (κ3) is 3.09. The van der Waals surface area contributed by atoms with Gasteiger partial charge < -0.3 is 4.74 Å². The van der Waals surface area contributed by atoms with Gasteiger partial charge in [0, 0.05) is 22.5 Å². The summed E-state index contributed by atoms with van der Waals surface area (Å²) in [7, 11) is 0. The number of halogens is 4. The molecular weight excluding hydrogens is 295 g/mol. The number of aromatic amines is 1. The van der Waals surface area contributed by atoms with Crippen molar-refractivity contribution in [2.75, 3.05) is 0 Å². The fraction of sp³-hybridized carbons (Fsp3) is 0.250. The summed E-state index contributed by atoms with van der Waals surface area (Å²) >= 11 is 2.90. The summed E-state index contributed by atoms with van der Waals surface area (Å²) in [5.74, 6) is -0.779. The highest BCUT2D eigenvalue weighted by Gasteiger charge is 2.33. The van der Waals surface area contributed by atoms with Gasteiger partial charge in [0.25, 0.3) is 5.56 Å². The minimum Gasteiger partial charge on any atom is -0.389 e. The predicted octanol–water partition coefficient (Wildman–Crippen LogP) is 1.98. The molecule has 0 spiro atoms. The Bertz CT molecular complexity index is 455. The lowest BCUT2D eigenvalue weighted by molar-refractivity contribution is -0.276. The second kappa shape index (κ2) is 4.69. The Hall–Kier alpha value is -1.31. The summed E-state index contributed by atoms with van der Waals surface area (Å²) in [5, 5.41) is -0.0523. The minimum atomic E-state index is -4.93. The molecule has 0 radical (unpaired) electrons. The molecule has 1 aromatic heterocycles. The van der Waals surface area contributed by atoms with Gasteiger partial charge in [-0.05, 0) is 0 Å². The highest BCUT2D eigenvalue weighted by atomic mass is 79.9. The van der Waals surface area contributed by atoms with Crippen LogP contribution in [0.15, 0.2) is 10.9 Å². The van der Waals surface area contributed by atoms with Crippen molar-refractivity contribution in [2.45, 2.75) is 11.7 Å². The molecule has 1 rings (SSSR count). The number of pyridine rings is 1. The van der Waals surface area contributed by atoms with Crippen LogP contribution in [0.25, 0.3) is 0 Å². The van der Waals surface area contributed by atoms with Crippen molar-refractivity contribution in [3.63, 3.8) is 0 Å². The fourth-order valence-corrected chi connectivity index (χ4v) is 1.61. The third-order valence-corrected chi connectivity index (χ3v) is 2.18. The summed E-state index contributed by atoms with van der Waals surface area (Å²) < 4.78 is 39.5. The average Bonchev–Trinajstić information content (AvgIpc) is 2.14. The number of H-pyrrole nitrogens is 1. The lowest BCUT2D eigenvalue weighted by atomic mass is 10.2. The molecule has 1 heterocycles. The quantitative estimate of drug-likeness (QED) is 0.686. The molecule has 0 saturated carbocycles. The van der Waals surface area contributed by atoms with Crippen molar-refractivity contribution in [3.05, 3.63) is 27.5 Å². The van der Waals surface area contributed by atoms with E-state index in [4.69, 9.17) is 0 Å². The van der Waals surface area contributed by atoms with E-state index in [1.165, 1.54) is 0 Å². The van der Waals surface area contributed by atoms with Crippen LogP contribution in [0.5, 0.6) is 5.88 Å². The van der Waals surface area contributed by atoms with E-state index < -0.39 is 17.8 Å². The molecule has 0 atom stereocenters. The minimum absolute atomic E-state index is 0.0523. The van der Waals surface area contributed by atoms with Crippen molar-refractivity contribution in [1.29, 1.82) is 0 Å². The molecular formula is C8H5BrF3NO3. The van der Waals surface area contributed by atoms with Crippen LogP contribution < -0.4 is 10.3 Å². The number of alkyl halides is 4. The van der Waals surface area contributed by atoms with Crippen LogP contribution in [0.3, 0.4) is 0 Å². The van der Waals surface area contributed by atoms with Gasteiger partial charge in [0.15, 0.2) is 6.29 Å². The first-order chi connectivity index (χ1) is 7.37. The standard InChI is InChI=1S/C8H5BrF3NO3/c9-2-5-4(3-14)1-6(15)13-7(5)16-8(10,11)12/h1,3H,2H2,(H,13,15). The van der Waals surface area contributed by atoms with Gasteiger partial charge in [0.1, 0.15) is 0 Å². The number of rotatable bonds is 3. The van der Waals surface area contributed by atoms with E-state index >= 15 is 0 Å². The van der Waals surface area contributed by atoms with Crippen molar-refractivity contribution >= 4 is 22.2 Å². The topological polar surface area (TPSA) is 59.2 Å². The first kappa shape index (κ1) is 12.8. The molecule has 0 saturated heterocycles. The van der Waals surface area contributed by atoms with Crippen molar-refractivity contribution < 1.29 is 22.7 Å². The van der Waals surface area contributed by atoms with Crippen molar-refractivity contribution in [1.82, 2.24) is 4.98 Å². The molecule has 4 nitrogen and oxygen atoms in total. The Morgan fingerprint density at radius 2 is 2.12 bits per heavy atom. The summed E-state index contributed by atoms with van der Waals surface area (Å²) in [6.07, 6.45) is -4.64. The van der Waals surface area contributed by atoms with Crippen LogP contribution in [0, 0.1) is 0 Å². The average molecular weight is 300 g/mol. The van der Waals surface area contributed by atoms with Gasteiger partial charge in [-0.25, -0.2) is 0 Å². The van der Waals surface area contributed by atoms with Crippen LogP contribution >= 0.6 is 15.9 Å². The van der Waals surface area contributed by atoms with Gasteiger partial charge in [0.2, 0.25) is 5.88 Å². The summed E-state index contributed by atoms with van der Waals surface area (Å²) in [6, 6.07) is 0.896. The van der Waals surface area contributed by atoms with Crippen LogP contribution in [-0.2, 0) is 5.33 Å². The number of aldehydes is 1. The molecule has 1 aromatic rings. The Morgan fingerprint density at radius 1 is 1.50 bits per heavy atom. The highest BCUT2D eigenvalue weighted by Crippen LogP contribution is 2.26. The largest absolute Gasteiger partial charge is 0.574 e. The van der Waals surface area contributed by atoms with Gasteiger partial charge in [-0.15, -0.1) is 13.2 Å². The van der Waals surface area contributed by atoms with Gasteiger partial charge in [-0.2, -0.15) is 0 Å². The molecule has 0 unspecified atom stereocenters. The zero-order chi connectivity index (χ0) is 12.3. The maximum atomic E-state index is 12.0. The van der Waals surface area contributed by atoms with Crippen LogP contribution in [0.1, 0.15) is 15.9 Å². The van der Waals surface area contributed by atoms with Gasteiger partial charge in [0.05, 0.1) is 0 Å². The SMILES string of the molecule is O=Cc1cc(=O)[nH]c(OC(F)(F)F)c1CBr. The van der Waals surface area contributed by atoms with E-state index in [2.05, 4.69) is 20.7 Å². The molecule has 0 aliphatic rings. The Kier molecular flexibility index (Phi) is 3.74. The molecule has 0 aromatic carbocycles. The number of ether oxygens (including phenoxy) is 1. The summed E-state index contributed by atoms with van der Waals surface area (Å²) in [5.41, 5.74) is -1.06. The van der Waals surface area contributed by atoms with E-state index in [1.807, 2.05) is 4.98 Å². The Morgan fingerprint density at radius 3 is 2.56 bits per heavy atom. The maximum Gasteiger partial charge on any atom is 0.574 e. The molecule has 0 aliphatic carbocycles. The summed E-state index contributed by atoms with van der Waals surface area (Å²) in [6.45, 7) is 0. The monoisotopic (exact) mass is 299 g/mol. The molecule has 0 fully saturated rings. The van der Waals surface area contributed by atoms with Crippen molar-refractivity contribution in [3.8, 4) is 5.88 Å². The number of hydrogen-bond donors (Lipinski definition) is 1. The number of aromatic nitrogens is 1. The van der Waals surface area contributed by atoms with Crippen molar-refractivity contribution in [2.24, 2.45) is 0 Å². The number of carbonyl (C=O) groups excluding carboxylic acids is 1. The number of hydrogen-bond acceptors (Lipinski definition) is 3. The summed E-state index contributed by atoms with van der Waals surface area (Å²) in [4.78, 5) is 23.4. The highest BCUT2D eigenvalue weighted by molar-refractivity contribution is 9.08. The maximum absolute atomic E-state index is 12.0. The number of nitrogens with one attached hydrogen (secondary N) is 1. The van der Waals surface area contributed by atoms with E-state index in [0.29, 0.717) is 0 Å². The Labute approximate surface area is 95.5 Å². The van der Waals surface area contributed by atoms with Crippen LogP contribution in [0.4, 0.5) is 13.2 Å². The van der Waals surface area contributed by atoms with Crippen LogP contribution in [0.2, 0.25) is 0 Å². The lowest BCUT2D eigenvalue weighted by Crippen LogP contribution is -2.22. The van der Waals surface area contributed by atoms with Gasteiger partial charge in [-0.3, -0.25) is 14.6 Å². The van der Waals surface area contributed by atoms with E-state index in [1.54, 1.807) is 0 Å². The predicted molar refractivity (Wildman–Crippen MR) is 51.8 cm³/mol. The molecule has 0 bridgehead atoms. The van der Waals surface area contributed by atoms with E-state index in [-0.39, 0.29) is 22.7 Å². The number of carbonyl (C=O) groups is 1. The van der Waals surface area contributed by atoms with E-state index in [9.17, 15) is 22.8 Å². The molecule has 8 heteroatoms. The molecule has 0 amide bonds. The molecule has 1 N–H and O–H groups in total. The second-order valence-corrected chi connectivity index (χ2v) is 3.26. The first-order valence-electron chi connectivity index (χ1n) is 3.90. The first-order valence-corrected chi connectivity index (χ1v) is 5.02. The Balaban J connectivity index is 3.31. The normalized spacial score (nSPS) is 11.2. The van der Waals surface area contributed by atoms with Gasteiger partial charge in [-0.1, -0.05) is 15.9 Å². The molecule has 16 heavy (non-hydrogen) atoms. The van der Waals surface area contributed by atoms with Gasteiger partial charge >= 0.3 is 6.36 Å². The third-order valence-electron chi connectivity index (χ3n) is 1.62. The molecule has 88 valence electrons. The molecule has 0 aliphatic heterocycles. The second-order valence-electron chi connectivity index (χ2n) is 2.70.